The van der Waals surface area contributed by atoms with E-state index in [-0.39, 0.29) is 19.1 Å². The van der Waals surface area contributed by atoms with Crippen LogP contribution < -0.4 is 9.47 Å². The summed E-state index contributed by atoms with van der Waals surface area (Å²) < 4.78 is 17.4. The number of carbonyl (C=O) groups excluding carboxylic acids is 1. The topological polar surface area (TPSA) is 88.1 Å². The van der Waals surface area contributed by atoms with Gasteiger partial charge in [0.05, 0.1) is 41.6 Å². The molecule has 8 heteroatoms. The molecule has 1 aliphatic rings. The number of rotatable bonds is 9. The molecule has 7 nitrogen and oxygen atoms in total. The van der Waals surface area contributed by atoms with Crippen LogP contribution in [0.3, 0.4) is 0 Å². The number of amidine groups is 1. The van der Waals surface area contributed by atoms with E-state index in [1.165, 1.54) is 11.8 Å². The summed E-state index contributed by atoms with van der Waals surface area (Å²) in [5.41, 5.74) is 2.92. The van der Waals surface area contributed by atoms with Crippen LogP contribution in [-0.4, -0.2) is 22.6 Å². The van der Waals surface area contributed by atoms with E-state index in [2.05, 4.69) is 6.07 Å². The highest BCUT2D eigenvalue weighted by Gasteiger charge is 2.34. The van der Waals surface area contributed by atoms with Gasteiger partial charge in [-0.15, -0.1) is 0 Å². The molecular formula is C31H25N3O4S. The van der Waals surface area contributed by atoms with Crippen LogP contribution in [0.4, 0.5) is 5.69 Å². The first-order chi connectivity index (χ1) is 19.1. The van der Waals surface area contributed by atoms with Crippen LogP contribution in [0.5, 0.6) is 11.5 Å². The van der Waals surface area contributed by atoms with E-state index in [0.717, 1.165) is 16.8 Å². The van der Waals surface area contributed by atoms with Crippen LogP contribution in [0.15, 0.2) is 106 Å². The first-order valence-electron chi connectivity index (χ1n) is 12.4. The Morgan fingerprint density at radius 3 is 2.59 bits per heavy atom. The molecule has 4 aromatic rings. The lowest BCUT2D eigenvalue weighted by atomic mass is 10.1. The predicted molar refractivity (Wildman–Crippen MR) is 151 cm³/mol. The molecule has 3 aromatic carbocycles. The average molecular weight is 536 g/mol. The van der Waals surface area contributed by atoms with Crippen molar-refractivity contribution < 1.29 is 18.7 Å². The summed E-state index contributed by atoms with van der Waals surface area (Å²) in [4.78, 5) is 20.3. The number of aliphatic imine (C=N–C) groups is 1. The van der Waals surface area contributed by atoms with Gasteiger partial charge in [0.15, 0.2) is 16.7 Å². The van der Waals surface area contributed by atoms with Gasteiger partial charge in [-0.2, -0.15) is 5.26 Å². The van der Waals surface area contributed by atoms with E-state index in [1.54, 1.807) is 23.3 Å². The summed E-state index contributed by atoms with van der Waals surface area (Å²) in [5.74, 6) is 1.63. The van der Waals surface area contributed by atoms with E-state index in [9.17, 15) is 10.1 Å². The minimum absolute atomic E-state index is 0.155. The fraction of sp³-hybridized carbons (Fsp3) is 0.129. The first kappa shape index (κ1) is 25.9. The number of ether oxygens (including phenoxy) is 2. The molecule has 0 unspecified atom stereocenters. The van der Waals surface area contributed by atoms with Crippen LogP contribution >= 0.6 is 11.8 Å². The highest BCUT2D eigenvalue weighted by atomic mass is 32.2. The minimum atomic E-state index is -0.155. The second kappa shape index (κ2) is 12.2. The normalized spacial score (nSPS) is 15.1. The van der Waals surface area contributed by atoms with Gasteiger partial charge in [-0.3, -0.25) is 9.69 Å². The summed E-state index contributed by atoms with van der Waals surface area (Å²) in [5, 5.41) is 9.93. The van der Waals surface area contributed by atoms with Crippen LogP contribution in [0, 0.1) is 11.3 Å². The number of nitriles is 1. The monoisotopic (exact) mass is 535 g/mol. The second-order valence-electron chi connectivity index (χ2n) is 8.51. The number of hydrogen-bond donors (Lipinski definition) is 0. The third-order valence-electron chi connectivity index (χ3n) is 5.85. The van der Waals surface area contributed by atoms with E-state index in [0.29, 0.717) is 39.5 Å². The Bertz CT molecular complexity index is 1560. The Morgan fingerprint density at radius 1 is 1.00 bits per heavy atom. The minimum Gasteiger partial charge on any atom is -0.490 e. The zero-order chi connectivity index (χ0) is 27.0. The predicted octanol–water partition coefficient (Wildman–Crippen LogP) is 6.93. The van der Waals surface area contributed by atoms with Gasteiger partial charge in [-0.1, -0.05) is 42.5 Å². The van der Waals surface area contributed by atoms with E-state index >= 15 is 0 Å². The maximum atomic E-state index is 13.5. The maximum Gasteiger partial charge on any atom is 0.267 e. The SMILES string of the molecule is CCOc1cc(/C=C2\SC(=Nc3ccccc3)N(Cc3ccco3)C2=O)ccc1OCc1ccccc1C#N. The van der Waals surface area contributed by atoms with Crippen LogP contribution in [0.25, 0.3) is 6.08 Å². The van der Waals surface area contributed by atoms with E-state index in [1.807, 2.05) is 85.8 Å². The van der Waals surface area contributed by atoms with Gasteiger partial charge in [-0.05, 0) is 72.8 Å². The molecule has 1 aromatic heterocycles. The summed E-state index contributed by atoms with van der Waals surface area (Å²) in [7, 11) is 0. The van der Waals surface area contributed by atoms with Crippen molar-refractivity contribution >= 4 is 34.6 Å². The molecule has 2 heterocycles. The second-order valence-corrected chi connectivity index (χ2v) is 9.52. The Hall–Kier alpha value is -4.74. The zero-order valence-corrected chi connectivity index (χ0v) is 22.1. The van der Waals surface area contributed by atoms with Crippen molar-refractivity contribution in [1.29, 1.82) is 5.26 Å². The van der Waals surface area contributed by atoms with E-state index < -0.39 is 0 Å². The molecule has 0 spiro atoms. The molecule has 0 bridgehead atoms. The standard InChI is InChI=1S/C31H25N3O4S/c1-2-36-28-17-22(14-15-27(28)38-21-24-10-7-6-9-23(24)19-32)18-29-30(35)34(20-26-13-8-16-37-26)31(39-29)33-25-11-4-3-5-12-25/h3-18H,2,20-21H2,1H3/b29-18-,33-31?. The molecule has 0 radical (unpaired) electrons. The van der Waals surface area contributed by atoms with Crippen molar-refractivity contribution in [3.63, 3.8) is 0 Å². The van der Waals surface area contributed by atoms with Crippen LogP contribution in [-0.2, 0) is 17.9 Å². The third kappa shape index (κ3) is 6.22. The van der Waals surface area contributed by atoms with Crippen molar-refractivity contribution in [3.05, 3.63) is 119 Å². The Labute approximate surface area is 231 Å². The van der Waals surface area contributed by atoms with Crippen LogP contribution in [0.2, 0.25) is 0 Å². The van der Waals surface area contributed by atoms with E-state index in [4.69, 9.17) is 18.9 Å². The fourth-order valence-corrected chi connectivity index (χ4v) is 4.96. The molecule has 0 aliphatic carbocycles. The van der Waals surface area contributed by atoms with Gasteiger partial charge in [-0.25, -0.2) is 4.99 Å². The van der Waals surface area contributed by atoms with Crippen LogP contribution in [0.1, 0.15) is 29.4 Å². The third-order valence-corrected chi connectivity index (χ3v) is 6.86. The molecule has 1 saturated heterocycles. The number of furan rings is 1. The molecule has 39 heavy (non-hydrogen) atoms. The number of para-hydroxylation sites is 1. The quantitative estimate of drug-likeness (QED) is 0.216. The first-order valence-corrected chi connectivity index (χ1v) is 13.2. The average Bonchev–Trinajstić information content (AvgIpc) is 3.58. The van der Waals surface area contributed by atoms with Crippen molar-refractivity contribution in [2.45, 2.75) is 20.1 Å². The zero-order valence-electron chi connectivity index (χ0n) is 21.2. The van der Waals surface area contributed by atoms with Gasteiger partial charge in [0.25, 0.3) is 5.91 Å². The molecule has 1 fully saturated rings. The Morgan fingerprint density at radius 2 is 1.82 bits per heavy atom. The lowest BCUT2D eigenvalue weighted by molar-refractivity contribution is -0.122. The maximum absolute atomic E-state index is 13.5. The molecule has 1 aliphatic heterocycles. The molecule has 0 saturated carbocycles. The number of carbonyl (C=O) groups is 1. The summed E-state index contributed by atoms with van der Waals surface area (Å²) >= 11 is 1.32. The molecule has 0 atom stereocenters. The number of amides is 1. The molecule has 194 valence electrons. The summed E-state index contributed by atoms with van der Waals surface area (Å²) in [6, 6.07) is 28.2. The molecule has 0 N–H and O–H groups in total. The summed E-state index contributed by atoms with van der Waals surface area (Å²) in [6.07, 6.45) is 3.42. The van der Waals surface area contributed by atoms with Crippen molar-refractivity contribution in [3.8, 4) is 17.6 Å². The molecular weight excluding hydrogens is 510 g/mol. The molecule has 1 amide bonds. The van der Waals surface area contributed by atoms with Crippen molar-refractivity contribution in [1.82, 2.24) is 4.90 Å². The highest BCUT2D eigenvalue weighted by molar-refractivity contribution is 8.18. The highest BCUT2D eigenvalue weighted by Crippen LogP contribution is 2.37. The fourth-order valence-electron chi connectivity index (χ4n) is 3.97. The van der Waals surface area contributed by atoms with Gasteiger partial charge < -0.3 is 13.9 Å². The lowest BCUT2D eigenvalue weighted by Crippen LogP contribution is -2.28. The number of benzene rings is 3. The Balaban J connectivity index is 1.41. The Kier molecular flexibility index (Phi) is 8.10. The number of thioether (sulfide) groups is 1. The smallest absolute Gasteiger partial charge is 0.267 e. The summed E-state index contributed by atoms with van der Waals surface area (Å²) in [6.45, 7) is 2.86. The lowest BCUT2D eigenvalue weighted by Gasteiger charge is -2.14. The van der Waals surface area contributed by atoms with Crippen molar-refractivity contribution in [2.75, 3.05) is 6.61 Å². The number of nitrogens with zero attached hydrogens (tertiary/aromatic N) is 3. The number of hydrogen-bond acceptors (Lipinski definition) is 7. The largest absolute Gasteiger partial charge is 0.490 e. The van der Waals surface area contributed by atoms with Gasteiger partial charge >= 0.3 is 0 Å². The van der Waals surface area contributed by atoms with Gasteiger partial charge in [0.2, 0.25) is 0 Å². The van der Waals surface area contributed by atoms with Crippen molar-refractivity contribution in [2.24, 2.45) is 4.99 Å². The molecule has 5 rings (SSSR count). The van der Waals surface area contributed by atoms with Gasteiger partial charge in [0, 0.05) is 5.56 Å². The van der Waals surface area contributed by atoms with Gasteiger partial charge in [0.1, 0.15) is 12.4 Å².